The van der Waals surface area contributed by atoms with Gasteiger partial charge < -0.3 is 11.5 Å². The molecule has 2 atom stereocenters. The molecule has 0 aliphatic heterocycles. The predicted octanol–water partition coefficient (Wildman–Crippen LogP) is 12.1. The fraction of sp³-hybridized carbons (Fsp3) is 0.154. The number of benzene rings is 7. The van der Waals surface area contributed by atoms with Gasteiger partial charge in [0.25, 0.3) is 0 Å². The zero-order chi connectivity index (χ0) is 40.0. The highest BCUT2D eigenvalue weighted by atomic mass is 14.9. The minimum Gasteiger partial charge on any atom is -0.383 e. The summed E-state index contributed by atoms with van der Waals surface area (Å²) in [5, 5.41) is 0. The van der Waals surface area contributed by atoms with E-state index in [0.29, 0.717) is 5.84 Å². The summed E-state index contributed by atoms with van der Waals surface area (Å²) in [6, 6.07) is 59.4. The monoisotopic (exact) mass is 734 g/mol. The standard InChI is InChI=1S/C43H39N3.C8H10.CH5N/c1-29-14-20-32(21-15-29)41(45-4)39-12-6-10-37(27-39)35-8-5-9-36(26-35)38-11-7-13-40(28-38)42(33-22-16-30(2)17-23-33)46-43(44)34-24-18-31(3)19-25-34;1-7-3-5-8(2)6-4-7;1-2/h5-28,41-42H,4H2,1-3H3,(H2,44,46);3-6H,1-2H3;2H2,1H3. The van der Waals surface area contributed by atoms with Crippen LogP contribution in [0.4, 0.5) is 0 Å². The van der Waals surface area contributed by atoms with Gasteiger partial charge in [-0.25, -0.2) is 0 Å². The van der Waals surface area contributed by atoms with Gasteiger partial charge >= 0.3 is 0 Å². The molecule has 0 amide bonds. The van der Waals surface area contributed by atoms with Crippen molar-refractivity contribution >= 4 is 12.6 Å². The summed E-state index contributed by atoms with van der Waals surface area (Å²) in [6.07, 6.45) is 0. The summed E-state index contributed by atoms with van der Waals surface area (Å²) in [6.45, 7) is 14.4. The van der Waals surface area contributed by atoms with Crippen molar-refractivity contribution in [2.24, 2.45) is 21.5 Å². The average molecular weight is 735 g/mol. The number of nitrogens with zero attached hydrogens (tertiary/aromatic N) is 2. The maximum Gasteiger partial charge on any atom is 0.126 e. The van der Waals surface area contributed by atoms with Crippen molar-refractivity contribution in [2.75, 3.05) is 7.05 Å². The Bertz CT molecular complexity index is 2320. The molecule has 0 aromatic heterocycles. The van der Waals surface area contributed by atoms with Crippen LogP contribution in [0.15, 0.2) is 180 Å². The fourth-order valence-electron chi connectivity index (χ4n) is 6.47. The van der Waals surface area contributed by atoms with E-state index in [4.69, 9.17) is 10.7 Å². The summed E-state index contributed by atoms with van der Waals surface area (Å²) in [5.41, 5.74) is 27.3. The Kier molecular flexibility index (Phi) is 14.4. The van der Waals surface area contributed by atoms with Crippen LogP contribution in [0.5, 0.6) is 0 Å². The quantitative estimate of drug-likeness (QED) is 0.114. The Morgan fingerprint density at radius 2 is 0.732 bits per heavy atom. The van der Waals surface area contributed by atoms with Crippen molar-refractivity contribution in [1.29, 1.82) is 0 Å². The molecule has 7 aromatic carbocycles. The highest BCUT2D eigenvalue weighted by molar-refractivity contribution is 5.97. The maximum atomic E-state index is 6.61. The molecule has 56 heavy (non-hydrogen) atoms. The molecule has 0 bridgehead atoms. The summed E-state index contributed by atoms with van der Waals surface area (Å²) in [7, 11) is 1.50. The van der Waals surface area contributed by atoms with Gasteiger partial charge in [0.05, 0.1) is 6.04 Å². The van der Waals surface area contributed by atoms with E-state index in [1.165, 1.54) is 34.9 Å². The van der Waals surface area contributed by atoms with Crippen LogP contribution in [0.25, 0.3) is 22.3 Å². The van der Waals surface area contributed by atoms with Crippen molar-refractivity contribution in [1.82, 2.24) is 0 Å². The number of aryl methyl sites for hydroxylation is 5. The van der Waals surface area contributed by atoms with Crippen molar-refractivity contribution in [2.45, 2.75) is 46.7 Å². The Balaban J connectivity index is 0.000000529. The SMILES string of the molecule is C=NC(c1ccc(C)cc1)c1cccc(-c2cccc(-c3cccc(C(N=C(N)c4ccc(C)cc4)c4ccc(C)cc4)c3)c2)c1.CN.Cc1ccc(C)cc1. The van der Waals surface area contributed by atoms with Crippen LogP contribution in [-0.2, 0) is 0 Å². The van der Waals surface area contributed by atoms with Crippen molar-refractivity contribution in [3.8, 4) is 22.3 Å². The highest BCUT2D eigenvalue weighted by Crippen LogP contribution is 2.34. The van der Waals surface area contributed by atoms with Crippen molar-refractivity contribution in [3.63, 3.8) is 0 Å². The smallest absolute Gasteiger partial charge is 0.126 e. The highest BCUT2D eigenvalue weighted by Gasteiger charge is 2.17. The summed E-state index contributed by atoms with van der Waals surface area (Å²) < 4.78 is 0. The van der Waals surface area contributed by atoms with E-state index in [1.54, 1.807) is 0 Å². The van der Waals surface area contributed by atoms with Crippen LogP contribution in [0.1, 0.15) is 67.7 Å². The van der Waals surface area contributed by atoms with Crippen molar-refractivity contribution < 1.29 is 0 Å². The number of rotatable bonds is 9. The molecular formula is C52H54N4. The first-order chi connectivity index (χ1) is 27.2. The van der Waals surface area contributed by atoms with Gasteiger partial charge in [0.2, 0.25) is 0 Å². The molecule has 282 valence electrons. The van der Waals surface area contributed by atoms with Gasteiger partial charge in [-0.1, -0.05) is 179 Å². The molecule has 0 aliphatic carbocycles. The second-order valence-corrected chi connectivity index (χ2v) is 14.2. The second-order valence-electron chi connectivity index (χ2n) is 14.2. The fourth-order valence-corrected chi connectivity index (χ4v) is 6.47. The molecule has 0 saturated heterocycles. The van der Waals surface area contributed by atoms with Crippen LogP contribution < -0.4 is 11.5 Å². The molecule has 0 saturated carbocycles. The Morgan fingerprint density at radius 1 is 0.411 bits per heavy atom. The lowest BCUT2D eigenvalue weighted by molar-refractivity contribution is 0.870. The zero-order valence-electron chi connectivity index (χ0n) is 33.6. The van der Waals surface area contributed by atoms with Crippen LogP contribution in [0, 0.1) is 34.6 Å². The molecule has 0 fully saturated rings. The van der Waals surface area contributed by atoms with Gasteiger partial charge in [0.1, 0.15) is 11.9 Å². The molecule has 7 rings (SSSR count). The number of hydrogen-bond acceptors (Lipinski definition) is 3. The van der Waals surface area contributed by atoms with Crippen LogP contribution in [0.3, 0.4) is 0 Å². The van der Waals surface area contributed by atoms with Gasteiger partial charge in [0.15, 0.2) is 0 Å². The Labute approximate surface area is 334 Å². The summed E-state index contributed by atoms with van der Waals surface area (Å²) in [5.74, 6) is 0.524. The third-order valence-electron chi connectivity index (χ3n) is 9.74. The molecule has 0 aliphatic rings. The first-order valence-corrected chi connectivity index (χ1v) is 19.1. The lowest BCUT2D eigenvalue weighted by atomic mass is 9.92. The molecule has 7 aromatic rings. The van der Waals surface area contributed by atoms with Crippen LogP contribution >= 0.6 is 0 Å². The normalized spacial score (nSPS) is 11.9. The van der Waals surface area contributed by atoms with E-state index in [0.717, 1.165) is 50.1 Å². The topological polar surface area (TPSA) is 76.8 Å². The average Bonchev–Trinajstić information content (AvgIpc) is 3.24. The molecular weight excluding hydrogens is 681 g/mol. The van der Waals surface area contributed by atoms with E-state index in [2.05, 4.69) is 210 Å². The Hall–Kier alpha value is -6.36. The second kappa shape index (κ2) is 19.8. The van der Waals surface area contributed by atoms with Gasteiger partial charge in [-0.2, -0.15) is 0 Å². The van der Waals surface area contributed by atoms with Crippen LogP contribution in [-0.4, -0.2) is 19.6 Å². The van der Waals surface area contributed by atoms with E-state index in [9.17, 15) is 0 Å². The van der Waals surface area contributed by atoms with Crippen molar-refractivity contribution in [3.05, 3.63) is 225 Å². The zero-order valence-corrected chi connectivity index (χ0v) is 33.6. The number of aliphatic imine (C=N–C) groups is 2. The van der Waals surface area contributed by atoms with E-state index in [1.807, 2.05) is 12.1 Å². The molecule has 2 unspecified atom stereocenters. The van der Waals surface area contributed by atoms with E-state index in [-0.39, 0.29) is 12.1 Å². The molecule has 0 heterocycles. The molecule has 4 heteroatoms. The molecule has 4 N–H and O–H groups in total. The molecule has 0 radical (unpaired) electrons. The van der Waals surface area contributed by atoms with Gasteiger partial charge in [-0.05, 0) is 111 Å². The third-order valence-corrected chi connectivity index (χ3v) is 9.74. The molecule has 0 spiro atoms. The Morgan fingerprint density at radius 3 is 1.14 bits per heavy atom. The van der Waals surface area contributed by atoms with E-state index < -0.39 is 0 Å². The van der Waals surface area contributed by atoms with Crippen LogP contribution in [0.2, 0.25) is 0 Å². The lowest BCUT2D eigenvalue weighted by Gasteiger charge is -2.17. The minimum absolute atomic E-state index is 0.118. The first kappa shape index (κ1) is 40.8. The lowest BCUT2D eigenvalue weighted by Crippen LogP contribution is -2.16. The third kappa shape index (κ3) is 10.9. The van der Waals surface area contributed by atoms with E-state index >= 15 is 0 Å². The molecule has 4 nitrogen and oxygen atoms in total. The summed E-state index contributed by atoms with van der Waals surface area (Å²) in [4.78, 5) is 9.58. The largest absolute Gasteiger partial charge is 0.383 e. The first-order valence-electron chi connectivity index (χ1n) is 19.1. The summed E-state index contributed by atoms with van der Waals surface area (Å²) >= 11 is 0. The van der Waals surface area contributed by atoms with Gasteiger partial charge in [0, 0.05) is 5.56 Å². The maximum absolute atomic E-state index is 6.61. The predicted molar refractivity (Wildman–Crippen MR) is 241 cm³/mol. The van der Waals surface area contributed by atoms with Gasteiger partial charge in [-0.15, -0.1) is 0 Å². The number of nitrogens with two attached hydrogens (primary N) is 2. The number of hydrogen-bond donors (Lipinski definition) is 2. The minimum atomic E-state index is -0.244. The van der Waals surface area contributed by atoms with Gasteiger partial charge in [-0.3, -0.25) is 9.98 Å². The number of amidine groups is 1.